The summed E-state index contributed by atoms with van der Waals surface area (Å²) in [6.07, 6.45) is 0. The molecule has 0 saturated heterocycles. The summed E-state index contributed by atoms with van der Waals surface area (Å²) in [4.78, 5) is 1.94. The third kappa shape index (κ3) is 2.21. The highest BCUT2D eigenvalue weighted by atomic mass is 32.1. The fraction of sp³-hybridized carbons (Fsp3) is 0.364. The Bertz CT molecular complexity index is 512. The Morgan fingerprint density at radius 1 is 1.29 bits per heavy atom. The first-order valence-electron chi connectivity index (χ1n) is 5.17. The van der Waals surface area contributed by atoms with Crippen molar-refractivity contribution in [3.63, 3.8) is 0 Å². The third-order valence-corrected chi connectivity index (χ3v) is 3.21. The first kappa shape index (κ1) is 11.8. The van der Waals surface area contributed by atoms with Gasteiger partial charge in [-0.25, -0.2) is 0 Å². The average Bonchev–Trinajstić information content (AvgIpc) is 2.80. The number of aromatic nitrogens is 3. The van der Waals surface area contributed by atoms with Crippen LogP contribution in [-0.2, 0) is 0 Å². The van der Waals surface area contributed by atoms with E-state index in [1.54, 1.807) is 7.11 Å². The Hall–Kier alpha value is -1.69. The van der Waals surface area contributed by atoms with Crippen LogP contribution in [-0.4, -0.2) is 29.0 Å². The highest BCUT2D eigenvalue weighted by Gasteiger charge is 2.16. The van der Waals surface area contributed by atoms with Crippen molar-refractivity contribution in [3.05, 3.63) is 23.3 Å². The summed E-state index contributed by atoms with van der Waals surface area (Å²) in [7, 11) is 3.60. The van der Waals surface area contributed by atoms with Gasteiger partial charge < -0.3 is 9.64 Å². The molecule has 0 unspecified atom stereocenters. The Kier molecular flexibility index (Phi) is 3.23. The van der Waals surface area contributed by atoms with E-state index in [1.807, 2.05) is 24.9 Å². The van der Waals surface area contributed by atoms with Crippen molar-refractivity contribution in [1.29, 1.82) is 0 Å². The zero-order chi connectivity index (χ0) is 12.4. The number of ether oxygens (including phenoxy) is 1. The van der Waals surface area contributed by atoms with E-state index in [0.717, 1.165) is 22.1 Å². The van der Waals surface area contributed by atoms with Crippen LogP contribution in [0.25, 0.3) is 0 Å². The summed E-state index contributed by atoms with van der Waals surface area (Å²) in [5.41, 5.74) is 3.31. The maximum absolute atomic E-state index is 5.42. The number of methoxy groups -OCH3 is 1. The largest absolute Gasteiger partial charge is 0.495 e. The van der Waals surface area contributed by atoms with Gasteiger partial charge in [0.1, 0.15) is 5.75 Å². The predicted octanol–water partition coefficient (Wildman–Crippen LogP) is 2.33. The molecule has 5 nitrogen and oxygen atoms in total. The highest BCUT2D eigenvalue weighted by molar-refractivity contribution is 7.09. The molecule has 0 spiro atoms. The van der Waals surface area contributed by atoms with E-state index in [9.17, 15) is 0 Å². The molecule has 90 valence electrons. The molecule has 1 aromatic heterocycles. The second kappa shape index (κ2) is 4.67. The monoisotopic (exact) mass is 250 g/mol. The molecule has 0 amide bonds. The Balaban J connectivity index is 2.51. The minimum Gasteiger partial charge on any atom is -0.495 e. The van der Waals surface area contributed by atoms with Gasteiger partial charge in [0.2, 0.25) is 5.13 Å². The number of nitrogens with zero attached hydrogens (tertiary/aromatic N) is 4. The molecule has 0 fully saturated rings. The first-order valence-corrected chi connectivity index (χ1v) is 5.95. The maximum Gasteiger partial charge on any atom is 0.232 e. The zero-order valence-electron chi connectivity index (χ0n) is 10.3. The number of rotatable bonds is 3. The number of aryl methyl sites for hydroxylation is 2. The molecule has 0 aliphatic heterocycles. The Labute approximate surface area is 104 Å². The van der Waals surface area contributed by atoms with Crippen LogP contribution in [0.1, 0.15) is 11.1 Å². The second-order valence-electron chi connectivity index (χ2n) is 3.84. The van der Waals surface area contributed by atoms with Crippen molar-refractivity contribution in [2.45, 2.75) is 13.8 Å². The minimum absolute atomic E-state index is 0.746. The molecule has 0 atom stereocenters. The van der Waals surface area contributed by atoms with Crippen LogP contribution in [0.2, 0.25) is 0 Å². The lowest BCUT2D eigenvalue weighted by Gasteiger charge is -2.21. The highest BCUT2D eigenvalue weighted by Crippen LogP contribution is 2.36. The topological polar surface area (TPSA) is 51.1 Å². The zero-order valence-corrected chi connectivity index (χ0v) is 11.1. The molecule has 6 heteroatoms. The number of hydrogen-bond acceptors (Lipinski definition) is 6. The van der Waals surface area contributed by atoms with Crippen LogP contribution in [0, 0.1) is 13.8 Å². The molecule has 1 aromatic carbocycles. The first-order chi connectivity index (χ1) is 8.13. The van der Waals surface area contributed by atoms with Gasteiger partial charge in [-0.3, -0.25) is 0 Å². The molecule has 2 rings (SSSR count). The van der Waals surface area contributed by atoms with Crippen LogP contribution >= 0.6 is 11.5 Å². The van der Waals surface area contributed by atoms with Crippen molar-refractivity contribution >= 4 is 22.4 Å². The van der Waals surface area contributed by atoms with Gasteiger partial charge >= 0.3 is 0 Å². The lowest BCUT2D eigenvalue weighted by Crippen LogP contribution is -2.12. The summed E-state index contributed by atoms with van der Waals surface area (Å²) < 4.78 is 9.19. The van der Waals surface area contributed by atoms with Gasteiger partial charge in [-0.2, -0.15) is 0 Å². The van der Waals surface area contributed by atoms with E-state index in [1.165, 1.54) is 17.1 Å². The standard InChI is InChI=1S/C11H14N4OS/c1-7-5-8(2)10(9(6-7)16-4)15(3)11-12-13-14-17-11/h5-6H,1-4H3. The lowest BCUT2D eigenvalue weighted by molar-refractivity contribution is 0.415. The van der Waals surface area contributed by atoms with E-state index >= 15 is 0 Å². The molecular formula is C11H14N4OS. The molecule has 0 aliphatic carbocycles. The van der Waals surface area contributed by atoms with Gasteiger partial charge in [-0.15, -0.1) is 0 Å². The van der Waals surface area contributed by atoms with Gasteiger partial charge in [0.05, 0.1) is 12.8 Å². The number of hydrogen-bond donors (Lipinski definition) is 0. The molecule has 0 N–H and O–H groups in total. The summed E-state index contributed by atoms with van der Waals surface area (Å²) in [5, 5.41) is 8.31. The third-order valence-electron chi connectivity index (χ3n) is 2.54. The summed E-state index contributed by atoms with van der Waals surface area (Å²) in [6.45, 7) is 4.10. The van der Waals surface area contributed by atoms with E-state index < -0.39 is 0 Å². The quantitative estimate of drug-likeness (QED) is 0.836. The summed E-state index contributed by atoms with van der Waals surface area (Å²) in [5.74, 6) is 0.834. The number of anilines is 2. The van der Waals surface area contributed by atoms with E-state index in [4.69, 9.17) is 4.74 Å². The van der Waals surface area contributed by atoms with Gasteiger partial charge in [0.25, 0.3) is 0 Å². The molecule has 0 bridgehead atoms. The summed E-state index contributed by atoms with van der Waals surface area (Å²) >= 11 is 1.26. The van der Waals surface area contributed by atoms with Gasteiger partial charge in [0.15, 0.2) is 0 Å². The van der Waals surface area contributed by atoms with Gasteiger partial charge in [0, 0.05) is 18.6 Å². The van der Waals surface area contributed by atoms with E-state index in [2.05, 4.69) is 27.8 Å². The second-order valence-corrected chi connectivity index (χ2v) is 4.55. The van der Waals surface area contributed by atoms with Crippen molar-refractivity contribution in [3.8, 4) is 5.75 Å². The van der Waals surface area contributed by atoms with Crippen LogP contribution < -0.4 is 9.64 Å². The molecule has 0 radical (unpaired) electrons. The fourth-order valence-corrected chi connectivity index (χ4v) is 2.29. The Morgan fingerprint density at radius 3 is 2.65 bits per heavy atom. The lowest BCUT2D eigenvalue weighted by atomic mass is 10.1. The minimum atomic E-state index is 0.746. The number of benzene rings is 1. The van der Waals surface area contributed by atoms with Crippen LogP contribution in [0.3, 0.4) is 0 Å². The molecule has 17 heavy (non-hydrogen) atoms. The smallest absolute Gasteiger partial charge is 0.232 e. The van der Waals surface area contributed by atoms with Crippen LogP contribution in [0.15, 0.2) is 12.1 Å². The normalized spacial score (nSPS) is 10.4. The van der Waals surface area contributed by atoms with E-state index in [-0.39, 0.29) is 0 Å². The van der Waals surface area contributed by atoms with Crippen molar-refractivity contribution in [2.24, 2.45) is 0 Å². The molecule has 0 aliphatic rings. The average molecular weight is 250 g/mol. The Morgan fingerprint density at radius 2 is 2.06 bits per heavy atom. The van der Waals surface area contributed by atoms with Crippen molar-refractivity contribution in [2.75, 3.05) is 19.1 Å². The predicted molar refractivity (Wildman–Crippen MR) is 68.2 cm³/mol. The molecular weight excluding hydrogens is 236 g/mol. The van der Waals surface area contributed by atoms with Gasteiger partial charge in [-0.1, -0.05) is 15.7 Å². The van der Waals surface area contributed by atoms with Crippen molar-refractivity contribution in [1.82, 2.24) is 14.8 Å². The van der Waals surface area contributed by atoms with Gasteiger partial charge in [-0.05, 0) is 36.3 Å². The summed E-state index contributed by atoms with van der Waals surface area (Å²) in [6, 6.07) is 4.12. The molecule has 0 saturated carbocycles. The molecule has 2 aromatic rings. The SMILES string of the molecule is COc1cc(C)cc(C)c1N(C)c1nnns1. The van der Waals surface area contributed by atoms with E-state index in [0.29, 0.717) is 0 Å². The molecule has 1 heterocycles. The van der Waals surface area contributed by atoms with Crippen LogP contribution in [0.5, 0.6) is 5.75 Å². The fourth-order valence-electron chi connectivity index (χ4n) is 1.86. The maximum atomic E-state index is 5.42. The van der Waals surface area contributed by atoms with Crippen LogP contribution in [0.4, 0.5) is 10.8 Å². The van der Waals surface area contributed by atoms with Crippen molar-refractivity contribution < 1.29 is 4.74 Å².